The first kappa shape index (κ1) is 9.86. The average Bonchev–Trinajstić information content (AvgIpc) is 2.71. The van der Waals surface area contributed by atoms with Gasteiger partial charge in [0.15, 0.2) is 0 Å². The predicted molar refractivity (Wildman–Crippen MR) is 53.6 cm³/mol. The van der Waals surface area contributed by atoms with Crippen LogP contribution >= 0.6 is 0 Å². The molecule has 2 nitrogen and oxygen atoms in total. The Morgan fingerprint density at radius 2 is 1.73 bits per heavy atom. The van der Waals surface area contributed by atoms with E-state index < -0.39 is 11.6 Å². The molecule has 0 fully saturated rings. The van der Waals surface area contributed by atoms with E-state index in [9.17, 15) is 8.78 Å². The first-order valence-electron chi connectivity index (χ1n) is 4.53. The van der Waals surface area contributed by atoms with Gasteiger partial charge in [-0.05, 0) is 18.2 Å². The van der Waals surface area contributed by atoms with Gasteiger partial charge < -0.3 is 10.3 Å². The van der Waals surface area contributed by atoms with Crippen molar-refractivity contribution in [3.05, 3.63) is 53.9 Å². The molecule has 4 heteroatoms. The highest BCUT2D eigenvalue weighted by Crippen LogP contribution is 2.18. The third kappa shape index (κ3) is 1.76. The molecule has 0 unspecified atom stereocenters. The van der Waals surface area contributed by atoms with Gasteiger partial charge in [-0.15, -0.1) is 0 Å². The van der Waals surface area contributed by atoms with Crippen molar-refractivity contribution >= 4 is 0 Å². The van der Waals surface area contributed by atoms with E-state index in [0.29, 0.717) is 11.3 Å². The van der Waals surface area contributed by atoms with Crippen LogP contribution in [0.2, 0.25) is 0 Å². The van der Waals surface area contributed by atoms with Crippen molar-refractivity contribution in [3.8, 4) is 5.69 Å². The van der Waals surface area contributed by atoms with Crippen LogP contribution in [0.25, 0.3) is 5.69 Å². The lowest BCUT2D eigenvalue weighted by atomic mass is 10.2. The summed E-state index contributed by atoms with van der Waals surface area (Å²) in [6.07, 6.45) is 3.38. The normalized spacial score (nSPS) is 10.6. The Labute approximate surface area is 85.9 Å². The van der Waals surface area contributed by atoms with Gasteiger partial charge >= 0.3 is 0 Å². The predicted octanol–water partition coefficient (Wildman–Crippen LogP) is 2.21. The molecule has 0 bridgehead atoms. The second-order valence-electron chi connectivity index (χ2n) is 3.19. The summed E-state index contributed by atoms with van der Waals surface area (Å²) < 4.78 is 28.1. The fraction of sp³-hybridized carbons (Fsp3) is 0.0909. The Bertz CT molecular complexity index is 464. The van der Waals surface area contributed by atoms with Crippen molar-refractivity contribution in [1.82, 2.24) is 4.57 Å². The van der Waals surface area contributed by atoms with Gasteiger partial charge in [0.05, 0.1) is 5.69 Å². The summed E-state index contributed by atoms with van der Waals surface area (Å²) in [6.45, 7) is 0.0559. The van der Waals surface area contributed by atoms with Gasteiger partial charge in [-0.25, -0.2) is 8.78 Å². The lowest BCUT2D eigenvalue weighted by Crippen LogP contribution is -2.04. The molecule has 1 heterocycles. The molecule has 0 atom stereocenters. The van der Waals surface area contributed by atoms with Gasteiger partial charge in [0.2, 0.25) is 0 Å². The molecular weight excluding hydrogens is 198 g/mol. The molecule has 2 rings (SSSR count). The summed E-state index contributed by atoms with van der Waals surface area (Å²) in [6, 6.07) is 5.82. The highest BCUT2D eigenvalue weighted by Gasteiger charge is 2.09. The number of rotatable bonds is 2. The molecule has 0 radical (unpaired) electrons. The van der Waals surface area contributed by atoms with E-state index in [1.54, 1.807) is 29.1 Å². The van der Waals surface area contributed by atoms with E-state index in [-0.39, 0.29) is 6.54 Å². The number of nitrogens with two attached hydrogens (primary N) is 1. The van der Waals surface area contributed by atoms with E-state index in [1.807, 2.05) is 0 Å². The van der Waals surface area contributed by atoms with Crippen molar-refractivity contribution in [2.24, 2.45) is 5.73 Å². The lowest BCUT2D eigenvalue weighted by Gasteiger charge is -2.07. The van der Waals surface area contributed by atoms with Crippen LogP contribution in [0.1, 0.15) is 5.56 Å². The number of hydrogen-bond acceptors (Lipinski definition) is 1. The summed E-state index contributed by atoms with van der Waals surface area (Å²) in [5.41, 5.74) is 5.96. The van der Waals surface area contributed by atoms with Crippen LogP contribution in [-0.4, -0.2) is 4.57 Å². The Morgan fingerprint density at radius 3 is 2.33 bits per heavy atom. The maximum Gasteiger partial charge on any atom is 0.150 e. The third-order valence-corrected chi connectivity index (χ3v) is 2.22. The minimum Gasteiger partial charge on any atom is -0.326 e. The first-order chi connectivity index (χ1) is 7.22. The van der Waals surface area contributed by atoms with Crippen molar-refractivity contribution in [3.63, 3.8) is 0 Å². The molecule has 0 saturated heterocycles. The summed E-state index contributed by atoms with van der Waals surface area (Å²) in [4.78, 5) is 0. The average molecular weight is 208 g/mol. The summed E-state index contributed by atoms with van der Waals surface area (Å²) in [7, 11) is 0. The minimum absolute atomic E-state index is 0.0559. The first-order valence-corrected chi connectivity index (χ1v) is 4.53. The van der Waals surface area contributed by atoms with Crippen LogP contribution in [0.5, 0.6) is 0 Å². The second-order valence-corrected chi connectivity index (χ2v) is 3.19. The maximum atomic E-state index is 13.4. The van der Waals surface area contributed by atoms with Gasteiger partial charge in [-0.1, -0.05) is 0 Å². The van der Waals surface area contributed by atoms with E-state index in [4.69, 9.17) is 5.73 Å². The zero-order valence-electron chi connectivity index (χ0n) is 7.95. The third-order valence-electron chi connectivity index (χ3n) is 2.22. The molecule has 1 aromatic heterocycles. The van der Waals surface area contributed by atoms with Crippen LogP contribution in [0.15, 0.2) is 36.7 Å². The Hall–Kier alpha value is -1.68. The minimum atomic E-state index is -0.606. The van der Waals surface area contributed by atoms with Crippen LogP contribution in [-0.2, 0) is 6.54 Å². The van der Waals surface area contributed by atoms with Crippen molar-refractivity contribution in [1.29, 1.82) is 0 Å². The number of benzene rings is 1. The monoisotopic (exact) mass is 208 g/mol. The number of aromatic nitrogens is 1. The van der Waals surface area contributed by atoms with E-state index in [0.717, 1.165) is 6.07 Å². The van der Waals surface area contributed by atoms with Crippen LogP contribution in [0, 0.1) is 11.6 Å². The molecule has 0 aliphatic rings. The van der Waals surface area contributed by atoms with Gasteiger partial charge in [-0.3, -0.25) is 0 Å². The summed E-state index contributed by atoms with van der Waals surface area (Å²) >= 11 is 0. The molecule has 0 amide bonds. The molecule has 0 aliphatic heterocycles. The molecule has 2 N–H and O–H groups in total. The van der Waals surface area contributed by atoms with E-state index in [2.05, 4.69) is 0 Å². The Kier molecular flexibility index (Phi) is 2.51. The van der Waals surface area contributed by atoms with Crippen LogP contribution < -0.4 is 5.73 Å². The fourth-order valence-corrected chi connectivity index (χ4v) is 1.43. The van der Waals surface area contributed by atoms with Crippen molar-refractivity contribution < 1.29 is 8.78 Å². The highest BCUT2D eigenvalue weighted by molar-refractivity contribution is 5.38. The SMILES string of the molecule is NCc1cc(-n2cccc2)c(F)cc1F. The second kappa shape index (κ2) is 3.82. The van der Waals surface area contributed by atoms with Crippen LogP contribution in [0.4, 0.5) is 8.78 Å². The number of halogens is 2. The Morgan fingerprint density at radius 1 is 1.07 bits per heavy atom. The van der Waals surface area contributed by atoms with Gasteiger partial charge in [-0.2, -0.15) is 0 Å². The standard InChI is InChI=1S/C11H10F2N2/c12-9-6-10(13)11(5-8(9)7-14)15-3-1-2-4-15/h1-6H,7,14H2. The van der Waals surface area contributed by atoms with Crippen molar-refractivity contribution in [2.75, 3.05) is 0 Å². The molecule has 0 saturated carbocycles. The van der Waals surface area contributed by atoms with Gasteiger partial charge in [0, 0.05) is 30.6 Å². The highest BCUT2D eigenvalue weighted by atomic mass is 19.1. The fourth-order valence-electron chi connectivity index (χ4n) is 1.43. The quantitative estimate of drug-likeness (QED) is 0.806. The number of hydrogen-bond donors (Lipinski definition) is 1. The molecule has 15 heavy (non-hydrogen) atoms. The topological polar surface area (TPSA) is 30.9 Å². The molecule has 2 aromatic rings. The zero-order chi connectivity index (χ0) is 10.8. The smallest absolute Gasteiger partial charge is 0.150 e. The zero-order valence-corrected chi connectivity index (χ0v) is 7.95. The lowest BCUT2D eigenvalue weighted by molar-refractivity contribution is 0.568. The Balaban J connectivity index is 2.57. The molecular formula is C11H10F2N2. The van der Waals surface area contributed by atoms with E-state index >= 15 is 0 Å². The maximum absolute atomic E-state index is 13.4. The molecule has 0 spiro atoms. The van der Waals surface area contributed by atoms with E-state index in [1.165, 1.54) is 6.07 Å². The number of nitrogens with zero attached hydrogens (tertiary/aromatic N) is 1. The van der Waals surface area contributed by atoms with Crippen molar-refractivity contribution in [2.45, 2.75) is 6.54 Å². The molecule has 0 aliphatic carbocycles. The molecule has 1 aromatic carbocycles. The molecule has 78 valence electrons. The summed E-state index contributed by atoms with van der Waals surface area (Å²) in [5.74, 6) is -1.20. The van der Waals surface area contributed by atoms with Gasteiger partial charge in [0.25, 0.3) is 0 Å². The summed E-state index contributed by atoms with van der Waals surface area (Å²) in [5, 5.41) is 0. The largest absolute Gasteiger partial charge is 0.326 e. The van der Waals surface area contributed by atoms with Gasteiger partial charge in [0.1, 0.15) is 11.6 Å². The van der Waals surface area contributed by atoms with Crippen LogP contribution in [0.3, 0.4) is 0 Å².